The molecular weight excluding hydrogens is 263 g/mol. The number of aldehydes is 1. The van der Waals surface area contributed by atoms with E-state index in [-0.39, 0.29) is 11.6 Å². The van der Waals surface area contributed by atoms with E-state index in [4.69, 9.17) is 0 Å². The molecule has 0 bridgehead atoms. The van der Waals surface area contributed by atoms with E-state index in [1.165, 1.54) is 12.3 Å². The van der Waals surface area contributed by atoms with Gasteiger partial charge in [0.25, 0.3) is 0 Å². The molecule has 2 aromatic rings. The zero-order valence-corrected chi connectivity index (χ0v) is 9.08. The van der Waals surface area contributed by atoms with Gasteiger partial charge in [0, 0.05) is 10.0 Å². The highest BCUT2D eigenvalue weighted by Crippen LogP contribution is 2.23. The maximum absolute atomic E-state index is 13.5. The number of halogens is 2. The average molecular weight is 269 g/mol. The van der Waals surface area contributed by atoms with E-state index < -0.39 is 0 Å². The molecule has 15 heavy (non-hydrogen) atoms. The van der Waals surface area contributed by atoms with Crippen LogP contribution in [0.4, 0.5) is 4.39 Å². The van der Waals surface area contributed by atoms with Gasteiger partial charge in [-0.1, -0.05) is 15.9 Å². The lowest BCUT2D eigenvalue weighted by Gasteiger charge is -1.99. The van der Waals surface area contributed by atoms with E-state index in [1.807, 2.05) is 0 Å². The Bertz CT molecular complexity index is 510. The van der Waals surface area contributed by atoms with E-state index in [1.54, 1.807) is 12.1 Å². The van der Waals surface area contributed by atoms with Crippen molar-refractivity contribution in [1.82, 2.24) is 9.97 Å². The Morgan fingerprint density at radius 1 is 1.47 bits per heavy atom. The van der Waals surface area contributed by atoms with Gasteiger partial charge in [0.15, 0.2) is 12.1 Å². The van der Waals surface area contributed by atoms with Crippen molar-refractivity contribution in [2.45, 2.75) is 0 Å². The predicted molar refractivity (Wildman–Crippen MR) is 57.1 cm³/mol. The second kappa shape index (κ2) is 3.94. The van der Waals surface area contributed by atoms with Crippen LogP contribution in [-0.4, -0.2) is 16.3 Å². The lowest BCUT2D eigenvalue weighted by atomic mass is 10.1. The average Bonchev–Trinajstić information content (AvgIpc) is 2.66. The number of imidazole rings is 1. The monoisotopic (exact) mass is 268 g/mol. The number of benzene rings is 1. The fraction of sp³-hybridized carbons (Fsp3) is 0. The maximum Gasteiger partial charge on any atom is 0.185 e. The molecule has 1 aromatic heterocycles. The van der Waals surface area contributed by atoms with Gasteiger partial charge >= 0.3 is 0 Å². The van der Waals surface area contributed by atoms with Gasteiger partial charge in [-0.05, 0) is 18.2 Å². The molecule has 1 N–H and O–H groups in total. The molecule has 0 amide bonds. The van der Waals surface area contributed by atoms with Crippen LogP contribution >= 0.6 is 15.9 Å². The Hall–Kier alpha value is -1.49. The van der Waals surface area contributed by atoms with Crippen molar-refractivity contribution in [2.75, 3.05) is 0 Å². The summed E-state index contributed by atoms with van der Waals surface area (Å²) >= 11 is 3.17. The minimum Gasteiger partial charge on any atom is -0.336 e. The largest absolute Gasteiger partial charge is 0.336 e. The molecular formula is C10H6BrFN2O. The van der Waals surface area contributed by atoms with Gasteiger partial charge in [-0.3, -0.25) is 4.79 Å². The number of aromatic nitrogens is 2. The molecule has 3 nitrogen and oxygen atoms in total. The van der Waals surface area contributed by atoms with Crippen LogP contribution in [0.5, 0.6) is 0 Å². The molecule has 0 saturated heterocycles. The van der Waals surface area contributed by atoms with Crippen molar-refractivity contribution in [2.24, 2.45) is 0 Å². The first-order valence-corrected chi connectivity index (χ1v) is 4.95. The lowest BCUT2D eigenvalue weighted by molar-refractivity contribution is 0.111. The normalized spacial score (nSPS) is 10.3. The standard InChI is InChI=1S/C10H6BrFN2O/c11-6-1-2-7(8(12)3-6)9-4-13-10(5-15)14-9/h1-5H,(H,13,14). The molecule has 0 fully saturated rings. The van der Waals surface area contributed by atoms with Crippen LogP contribution in [0.2, 0.25) is 0 Å². The van der Waals surface area contributed by atoms with Crippen molar-refractivity contribution in [3.05, 3.63) is 40.5 Å². The van der Waals surface area contributed by atoms with E-state index in [2.05, 4.69) is 25.9 Å². The summed E-state index contributed by atoms with van der Waals surface area (Å²) in [5.74, 6) is -0.183. The van der Waals surface area contributed by atoms with Crippen molar-refractivity contribution in [1.29, 1.82) is 0 Å². The van der Waals surface area contributed by atoms with E-state index in [9.17, 15) is 9.18 Å². The number of carbonyl (C=O) groups excluding carboxylic acids is 1. The van der Waals surface area contributed by atoms with E-state index >= 15 is 0 Å². The SMILES string of the molecule is O=Cc1ncc(-c2ccc(Br)cc2F)[nH]1. The second-order valence-corrected chi connectivity index (χ2v) is 3.84. The number of aromatic amines is 1. The Morgan fingerprint density at radius 2 is 2.27 bits per heavy atom. The highest BCUT2D eigenvalue weighted by molar-refractivity contribution is 9.10. The first-order chi connectivity index (χ1) is 7.20. The molecule has 0 aliphatic carbocycles. The molecule has 2 rings (SSSR count). The molecule has 1 heterocycles. The quantitative estimate of drug-likeness (QED) is 0.852. The van der Waals surface area contributed by atoms with Gasteiger partial charge in [0.2, 0.25) is 0 Å². The smallest absolute Gasteiger partial charge is 0.185 e. The fourth-order valence-corrected chi connectivity index (χ4v) is 1.57. The van der Waals surface area contributed by atoms with Crippen LogP contribution in [-0.2, 0) is 0 Å². The summed E-state index contributed by atoms with van der Waals surface area (Å²) in [4.78, 5) is 16.9. The van der Waals surface area contributed by atoms with Crippen LogP contribution < -0.4 is 0 Å². The third-order valence-corrected chi connectivity index (χ3v) is 2.42. The van der Waals surface area contributed by atoms with E-state index in [0.29, 0.717) is 22.0 Å². The van der Waals surface area contributed by atoms with Gasteiger partial charge in [0.1, 0.15) is 5.82 Å². The van der Waals surface area contributed by atoms with Crippen molar-refractivity contribution in [3.8, 4) is 11.3 Å². The summed E-state index contributed by atoms with van der Waals surface area (Å²) in [5, 5.41) is 0. The molecule has 0 saturated carbocycles. The van der Waals surface area contributed by atoms with Crippen molar-refractivity contribution < 1.29 is 9.18 Å². The molecule has 0 aliphatic rings. The molecule has 0 unspecified atom stereocenters. The van der Waals surface area contributed by atoms with Gasteiger partial charge in [-0.15, -0.1) is 0 Å². The summed E-state index contributed by atoms with van der Waals surface area (Å²) in [7, 11) is 0. The molecule has 0 atom stereocenters. The van der Waals surface area contributed by atoms with Crippen LogP contribution in [0.1, 0.15) is 10.6 Å². The topological polar surface area (TPSA) is 45.8 Å². The Labute approximate surface area is 93.5 Å². The molecule has 0 spiro atoms. The zero-order chi connectivity index (χ0) is 10.8. The number of nitrogens with zero attached hydrogens (tertiary/aromatic N) is 1. The molecule has 0 aliphatic heterocycles. The molecule has 0 radical (unpaired) electrons. The fourth-order valence-electron chi connectivity index (χ4n) is 1.24. The van der Waals surface area contributed by atoms with Gasteiger partial charge in [-0.25, -0.2) is 9.37 Å². The summed E-state index contributed by atoms with van der Waals surface area (Å²) in [6.07, 6.45) is 2.01. The Morgan fingerprint density at radius 3 is 2.87 bits per heavy atom. The van der Waals surface area contributed by atoms with Crippen LogP contribution in [0.25, 0.3) is 11.3 Å². The molecule has 5 heteroatoms. The highest BCUT2D eigenvalue weighted by atomic mass is 79.9. The number of nitrogens with one attached hydrogen (secondary N) is 1. The predicted octanol–water partition coefficient (Wildman–Crippen LogP) is 2.79. The number of H-pyrrole nitrogens is 1. The van der Waals surface area contributed by atoms with Gasteiger partial charge < -0.3 is 4.98 Å². The number of rotatable bonds is 2. The summed E-state index contributed by atoms with van der Waals surface area (Å²) in [6.45, 7) is 0. The van der Waals surface area contributed by atoms with Crippen molar-refractivity contribution >= 4 is 22.2 Å². The minimum atomic E-state index is -0.370. The first kappa shape index (κ1) is 10.0. The Balaban J connectivity index is 2.49. The molecule has 76 valence electrons. The third kappa shape index (κ3) is 1.97. The summed E-state index contributed by atoms with van der Waals surface area (Å²) < 4.78 is 14.1. The van der Waals surface area contributed by atoms with Crippen LogP contribution in [0.15, 0.2) is 28.9 Å². The van der Waals surface area contributed by atoms with Crippen molar-refractivity contribution in [3.63, 3.8) is 0 Å². The number of carbonyl (C=O) groups is 1. The highest BCUT2D eigenvalue weighted by Gasteiger charge is 2.08. The third-order valence-electron chi connectivity index (χ3n) is 1.93. The maximum atomic E-state index is 13.5. The van der Waals surface area contributed by atoms with E-state index in [0.717, 1.165) is 0 Å². The first-order valence-electron chi connectivity index (χ1n) is 4.16. The van der Waals surface area contributed by atoms with Gasteiger partial charge in [-0.2, -0.15) is 0 Å². The summed E-state index contributed by atoms with van der Waals surface area (Å²) in [6, 6.07) is 4.69. The van der Waals surface area contributed by atoms with Crippen LogP contribution in [0.3, 0.4) is 0 Å². The minimum absolute atomic E-state index is 0.187. The second-order valence-electron chi connectivity index (χ2n) is 2.92. The lowest BCUT2D eigenvalue weighted by Crippen LogP contribution is -1.85. The number of hydrogen-bond acceptors (Lipinski definition) is 2. The molecule has 1 aromatic carbocycles. The van der Waals surface area contributed by atoms with Crippen LogP contribution in [0, 0.1) is 5.82 Å². The van der Waals surface area contributed by atoms with Gasteiger partial charge in [0.05, 0.1) is 11.9 Å². The Kier molecular flexibility index (Phi) is 2.64. The summed E-state index contributed by atoms with van der Waals surface area (Å²) in [5.41, 5.74) is 0.876. The number of hydrogen-bond donors (Lipinski definition) is 1. The zero-order valence-electron chi connectivity index (χ0n) is 7.50.